The Morgan fingerprint density at radius 3 is 3.06 bits per heavy atom. The number of piperidine rings is 1. The van der Waals surface area contributed by atoms with E-state index in [9.17, 15) is 9.59 Å². The minimum Gasteiger partial charge on any atom is -0.348 e. The molecule has 0 saturated carbocycles. The minimum atomic E-state index is -0.309. The maximum Gasteiger partial charge on any atom is 0.271 e. The zero-order chi connectivity index (χ0) is 13.0. The Balaban J connectivity index is 1.93. The summed E-state index contributed by atoms with van der Waals surface area (Å²) in [5.74, 6) is 0.204. The van der Waals surface area contributed by atoms with Crippen LogP contribution >= 0.6 is 0 Å². The van der Waals surface area contributed by atoms with Crippen LogP contribution in [0.3, 0.4) is 0 Å². The molecule has 0 aliphatic carbocycles. The quantitative estimate of drug-likeness (QED) is 0.698. The van der Waals surface area contributed by atoms with Crippen molar-refractivity contribution in [2.75, 3.05) is 13.1 Å². The molecule has 0 radical (unpaired) electrons. The molecule has 2 heterocycles. The van der Waals surface area contributed by atoms with E-state index >= 15 is 0 Å². The molecule has 98 valence electrons. The zero-order valence-corrected chi connectivity index (χ0v) is 10.4. The van der Waals surface area contributed by atoms with Gasteiger partial charge in [0.15, 0.2) is 0 Å². The first-order chi connectivity index (χ1) is 8.66. The van der Waals surface area contributed by atoms with Crippen LogP contribution in [0.4, 0.5) is 0 Å². The third-order valence-electron chi connectivity index (χ3n) is 3.31. The van der Waals surface area contributed by atoms with Gasteiger partial charge in [-0.15, -0.1) is 0 Å². The van der Waals surface area contributed by atoms with Gasteiger partial charge in [-0.1, -0.05) is 0 Å². The lowest BCUT2D eigenvalue weighted by Gasteiger charge is -2.28. The zero-order valence-electron chi connectivity index (χ0n) is 10.4. The highest BCUT2D eigenvalue weighted by molar-refractivity contribution is 5.92. The highest BCUT2D eigenvalue weighted by Gasteiger charge is 2.21. The van der Waals surface area contributed by atoms with Gasteiger partial charge in [0.05, 0.1) is 6.20 Å². The van der Waals surface area contributed by atoms with E-state index in [1.165, 1.54) is 6.20 Å². The van der Waals surface area contributed by atoms with Crippen molar-refractivity contribution in [2.45, 2.75) is 25.8 Å². The maximum atomic E-state index is 11.9. The summed E-state index contributed by atoms with van der Waals surface area (Å²) in [6.45, 7) is 3.99. The molecule has 2 unspecified atom stereocenters. The van der Waals surface area contributed by atoms with Crippen LogP contribution < -0.4 is 16.2 Å². The second-order valence-corrected chi connectivity index (χ2v) is 4.66. The second-order valence-electron chi connectivity index (χ2n) is 4.66. The first kappa shape index (κ1) is 12.8. The van der Waals surface area contributed by atoms with Crippen LogP contribution in [0.5, 0.6) is 0 Å². The molecule has 1 aliphatic heterocycles. The van der Waals surface area contributed by atoms with Crippen molar-refractivity contribution in [1.29, 1.82) is 0 Å². The molecule has 0 aromatic carbocycles. The number of amides is 1. The molecule has 1 saturated heterocycles. The van der Waals surface area contributed by atoms with Gasteiger partial charge in [0.1, 0.15) is 5.69 Å². The number of nitrogens with one attached hydrogen (secondary N) is 3. The Kier molecular flexibility index (Phi) is 4.09. The molecule has 1 fully saturated rings. The van der Waals surface area contributed by atoms with Crippen LogP contribution in [0.15, 0.2) is 17.2 Å². The van der Waals surface area contributed by atoms with Crippen molar-refractivity contribution < 1.29 is 4.79 Å². The van der Waals surface area contributed by atoms with E-state index in [0.29, 0.717) is 5.92 Å². The first-order valence-corrected chi connectivity index (χ1v) is 6.23. The number of rotatable bonds is 3. The predicted molar refractivity (Wildman–Crippen MR) is 67.4 cm³/mol. The molecule has 6 nitrogen and oxygen atoms in total. The van der Waals surface area contributed by atoms with Crippen LogP contribution in [0.1, 0.15) is 30.3 Å². The number of carbonyl (C=O) groups excluding carboxylic acids is 1. The largest absolute Gasteiger partial charge is 0.348 e. The number of H-pyrrole nitrogens is 1. The van der Waals surface area contributed by atoms with E-state index in [4.69, 9.17) is 0 Å². The number of hydrogen-bond donors (Lipinski definition) is 3. The molecule has 18 heavy (non-hydrogen) atoms. The Hall–Kier alpha value is -1.69. The average Bonchev–Trinajstić information content (AvgIpc) is 2.40. The van der Waals surface area contributed by atoms with Gasteiger partial charge in [-0.2, -0.15) is 0 Å². The van der Waals surface area contributed by atoms with E-state index in [0.717, 1.165) is 32.1 Å². The fourth-order valence-electron chi connectivity index (χ4n) is 2.17. The molecule has 1 aromatic heterocycles. The van der Waals surface area contributed by atoms with Crippen LogP contribution in [0.25, 0.3) is 0 Å². The highest BCUT2D eigenvalue weighted by Crippen LogP contribution is 2.14. The number of aromatic nitrogens is 2. The molecular weight excluding hydrogens is 232 g/mol. The Labute approximate surface area is 105 Å². The van der Waals surface area contributed by atoms with Gasteiger partial charge in [0.2, 0.25) is 0 Å². The van der Waals surface area contributed by atoms with Crippen molar-refractivity contribution in [3.63, 3.8) is 0 Å². The summed E-state index contributed by atoms with van der Waals surface area (Å²) < 4.78 is 0. The molecule has 0 bridgehead atoms. The Bertz CT molecular complexity index is 445. The van der Waals surface area contributed by atoms with Crippen molar-refractivity contribution >= 4 is 5.91 Å². The van der Waals surface area contributed by atoms with E-state index < -0.39 is 0 Å². The van der Waals surface area contributed by atoms with Gasteiger partial charge in [-0.25, -0.2) is 4.98 Å². The maximum absolute atomic E-state index is 11.9. The lowest BCUT2D eigenvalue weighted by atomic mass is 9.93. The van der Waals surface area contributed by atoms with Crippen molar-refractivity contribution in [1.82, 2.24) is 20.6 Å². The van der Waals surface area contributed by atoms with Crippen LogP contribution in [0, 0.1) is 5.92 Å². The van der Waals surface area contributed by atoms with Crippen molar-refractivity contribution in [2.24, 2.45) is 5.92 Å². The van der Waals surface area contributed by atoms with Gasteiger partial charge in [-0.3, -0.25) is 9.59 Å². The third-order valence-corrected chi connectivity index (χ3v) is 3.31. The molecule has 0 spiro atoms. The van der Waals surface area contributed by atoms with Crippen molar-refractivity contribution in [3.05, 3.63) is 28.4 Å². The number of aromatic amines is 1. The molecule has 3 N–H and O–H groups in total. The molecule has 2 atom stereocenters. The summed E-state index contributed by atoms with van der Waals surface area (Å²) in [6.07, 6.45) is 4.71. The molecular formula is C12H18N4O2. The lowest BCUT2D eigenvalue weighted by Crippen LogP contribution is -2.44. The highest BCUT2D eigenvalue weighted by atomic mass is 16.2. The van der Waals surface area contributed by atoms with Crippen LogP contribution in [-0.2, 0) is 0 Å². The van der Waals surface area contributed by atoms with Gasteiger partial charge < -0.3 is 15.6 Å². The van der Waals surface area contributed by atoms with E-state index in [1.807, 2.05) is 6.92 Å². The van der Waals surface area contributed by atoms with Crippen LogP contribution in [-0.4, -0.2) is 35.0 Å². The monoisotopic (exact) mass is 250 g/mol. The number of nitrogens with zero attached hydrogens (tertiary/aromatic N) is 1. The standard InChI is InChI=1S/C12H18N4O2/c1-8(9-3-2-4-13-5-9)16-12(18)10-6-15-11(17)7-14-10/h6-9,13H,2-5H2,1H3,(H,15,17)(H,16,18). The topological polar surface area (TPSA) is 86.9 Å². The summed E-state index contributed by atoms with van der Waals surface area (Å²) in [5.41, 5.74) is -0.0682. The van der Waals surface area contributed by atoms with Gasteiger partial charge >= 0.3 is 0 Å². The summed E-state index contributed by atoms with van der Waals surface area (Å²) in [6, 6.07) is 0.0963. The van der Waals surface area contributed by atoms with E-state index in [1.54, 1.807) is 0 Å². The van der Waals surface area contributed by atoms with Crippen LogP contribution in [0.2, 0.25) is 0 Å². The molecule has 1 aliphatic rings. The summed E-state index contributed by atoms with van der Waals surface area (Å²) in [7, 11) is 0. The number of hydrogen-bond acceptors (Lipinski definition) is 4. The Morgan fingerprint density at radius 1 is 1.61 bits per heavy atom. The number of carbonyl (C=O) groups is 1. The summed E-state index contributed by atoms with van der Waals surface area (Å²) in [4.78, 5) is 29.0. The van der Waals surface area contributed by atoms with Crippen molar-refractivity contribution in [3.8, 4) is 0 Å². The fraction of sp³-hybridized carbons (Fsp3) is 0.583. The normalized spacial score (nSPS) is 21.3. The van der Waals surface area contributed by atoms with Gasteiger partial charge in [0.25, 0.3) is 11.5 Å². The summed E-state index contributed by atoms with van der Waals surface area (Å²) >= 11 is 0. The first-order valence-electron chi connectivity index (χ1n) is 6.23. The van der Waals surface area contributed by atoms with Gasteiger partial charge in [-0.05, 0) is 38.8 Å². The molecule has 1 aromatic rings. The average molecular weight is 250 g/mol. The molecule has 2 rings (SSSR count). The lowest BCUT2D eigenvalue weighted by molar-refractivity contribution is 0.0916. The minimum absolute atomic E-state index is 0.0963. The third kappa shape index (κ3) is 3.16. The summed E-state index contributed by atoms with van der Waals surface area (Å²) in [5, 5.41) is 6.24. The van der Waals surface area contributed by atoms with Gasteiger partial charge in [0, 0.05) is 12.2 Å². The van der Waals surface area contributed by atoms with E-state index in [2.05, 4.69) is 20.6 Å². The second kappa shape index (κ2) is 5.77. The SMILES string of the molecule is CC(NC(=O)c1c[nH]c(=O)cn1)C1CCCNC1. The smallest absolute Gasteiger partial charge is 0.271 e. The molecule has 1 amide bonds. The molecule has 6 heteroatoms. The Morgan fingerprint density at radius 2 is 2.44 bits per heavy atom. The van der Waals surface area contributed by atoms with E-state index in [-0.39, 0.29) is 23.2 Å². The fourth-order valence-corrected chi connectivity index (χ4v) is 2.17. The predicted octanol–water partition coefficient (Wildman–Crippen LogP) is -0.112.